The predicted molar refractivity (Wildman–Crippen MR) is 48.6 cm³/mol. The van der Waals surface area contributed by atoms with Gasteiger partial charge in [-0.25, -0.2) is 13.2 Å². The van der Waals surface area contributed by atoms with E-state index in [1.54, 1.807) is 0 Å². The van der Waals surface area contributed by atoms with E-state index in [2.05, 4.69) is 0 Å². The lowest BCUT2D eigenvalue weighted by Crippen LogP contribution is -2.11. The molecule has 1 rings (SSSR count). The molecule has 0 amide bonds. The summed E-state index contributed by atoms with van der Waals surface area (Å²) in [6, 6.07) is 3.39. The van der Waals surface area contributed by atoms with Crippen molar-refractivity contribution >= 4 is 0 Å². The fourth-order valence-corrected chi connectivity index (χ4v) is 1.21. The summed E-state index contributed by atoms with van der Waals surface area (Å²) >= 11 is 0. The van der Waals surface area contributed by atoms with Crippen molar-refractivity contribution < 1.29 is 13.2 Å². The number of benzene rings is 1. The number of hydrogen-bond donors (Lipinski definition) is 1. The van der Waals surface area contributed by atoms with Crippen molar-refractivity contribution in [3.8, 4) is 0 Å². The molecule has 1 aromatic rings. The molecular formula is C10H12F3N. The van der Waals surface area contributed by atoms with Gasteiger partial charge in [-0.3, -0.25) is 0 Å². The largest absolute Gasteiger partial charge is 0.330 e. The highest BCUT2D eigenvalue weighted by Gasteiger charge is 2.08. The molecular weight excluding hydrogens is 191 g/mol. The Hall–Kier alpha value is -1.03. The van der Waals surface area contributed by atoms with E-state index in [0.717, 1.165) is 12.1 Å². The van der Waals surface area contributed by atoms with Gasteiger partial charge in [0, 0.05) is 6.42 Å². The highest BCUT2D eigenvalue weighted by atomic mass is 19.2. The maximum atomic E-state index is 13.0. The highest BCUT2D eigenvalue weighted by Crippen LogP contribution is 2.12. The van der Waals surface area contributed by atoms with Gasteiger partial charge in [0.1, 0.15) is 6.17 Å². The highest BCUT2D eigenvalue weighted by molar-refractivity contribution is 5.18. The quantitative estimate of drug-likeness (QED) is 0.797. The molecule has 1 unspecified atom stereocenters. The average molecular weight is 203 g/mol. The van der Waals surface area contributed by atoms with Crippen molar-refractivity contribution in [3.05, 3.63) is 35.4 Å². The first-order chi connectivity index (χ1) is 6.63. The lowest BCUT2D eigenvalue weighted by Gasteiger charge is -2.06. The van der Waals surface area contributed by atoms with E-state index >= 15 is 0 Å². The van der Waals surface area contributed by atoms with Gasteiger partial charge in [-0.2, -0.15) is 0 Å². The molecule has 0 bridgehead atoms. The van der Waals surface area contributed by atoms with E-state index in [9.17, 15) is 13.2 Å². The van der Waals surface area contributed by atoms with E-state index in [1.165, 1.54) is 6.07 Å². The van der Waals surface area contributed by atoms with Crippen LogP contribution in [0.4, 0.5) is 13.2 Å². The predicted octanol–water partition coefficient (Wildman–Crippen LogP) is 2.19. The maximum absolute atomic E-state index is 13.0. The van der Waals surface area contributed by atoms with Crippen LogP contribution in [0.2, 0.25) is 0 Å². The van der Waals surface area contributed by atoms with Gasteiger partial charge in [0.05, 0.1) is 0 Å². The number of nitrogens with two attached hydrogens (primary N) is 1. The molecule has 0 saturated heterocycles. The lowest BCUT2D eigenvalue weighted by atomic mass is 10.1. The molecule has 0 aromatic heterocycles. The van der Waals surface area contributed by atoms with Crippen LogP contribution in [-0.4, -0.2) is 12.7 Å². The molecule has 78 valence electrons. The Morgan fingerprint density at radius 3 is 2.50 bits per heavy atom. The lowest BCUT2D eigenvalue weighted by molar-refractivity contribution is 0.316. The van der Waals surface area contributed by atoms with E-state index in [0.29, 0.717) is 5.56 Å². The molecule has 0 aliphatic carbocycles. The Kier molecular flexibility index (Phi) is 3.95. The molecule has 2 N–H and O–H groups in total. The van der Waals surface area contributed by atoms with Gasteiger partial charge in [-0.15, -0.1) is 0 Å². The van der Waals surface area contributed by atoms with E-state index in [4.69, 9.17) is 5.73 Å². The second-order valence-corrected chi connectivity index (χ2v) is 3.13. The fraction of sp³-hybridized carbons (Fsp3) is 0.400. The topological polar surface area (TPSA) is 26.0 Å². The number of alkyl halides is 1. The van der Waals surface area contributed by atoms with Crippen molar-refractivity contribution in [3.63, 3.8) is 0 Å². The van der Waals surface area contributed by atoms with Gasteiger partial charge in [-0.05, 0) is 30.7 Å². The minimum atomic E-state index is -1.09. The molecule has 0 aliphatic rings. The van der Waals surface area contributed by atoms with Crippen LogP contribution in [0.5, 0.6) is 0 Å². The van der Waals surface area contributed by atoms with Crippen LogP contribution in [0.15, 0.2) is 18.2 Å². The molecule has 1 aromatic carbocycles. The third-order valence-corrected chi connectivity index (χ3v) is 1.92. The molecule has 0 spiro atoms. The zero-order chi connectivity index (χ0) is 10.6. The second-order valence-electron chi connectivity index (χ2n) is 3.13. The minimum Gasteiger partial charge on any atom is -0.330 e. The van der Waals surface area contributed by atoms with E-state index in [1.807, 2.05) is 0 Å². The van der Waals surface area contributed by atoms with Gasteiger partial charge in [0.2, 0.25) is 0 Å². The molecule has 1 atom stereocenters. The van der Waals surface area contributed by atoms with Gasteiger partial charge >= 0.3 is 0 Å². The summed E-state index contributed by atoms with van der Waals surface area (Å²) in [4.78, 5) is 0. The van der Waals surface area contributed by atoms with Gasteiger partial charge < -0.3 is 5.73 Å². The van der Waals surface area contributed by atoms with Crippen molar-refractivity contribution in [2.24, 2.45) is 5.73 Å². The number of hydrogen-bond acceptors (Lipinski definition) is 1. The molecule has 0 saturated carbocycles. The van der Waals surface area contributed by atoms with Crippen LogP contribution in [0.3, 0.4) is 0 Å². The van der Waals surface area contributed by atoms with Crippen LogP contribution >= 0.6 is 0 Å². The number of halogens is 3. The third-order valence-electron chi connectivity index (χ3n) is 1.92. The van der Waals surface area contributed by atoms with Crippen molar-refractivity contribution in [2.75, 3.05) is 6.54 Å². The summed E-state index contributed by atoms with van der Waals surface area (Å²) in [6.45, 7) is 0.255. The maximum Gasteiger partial charge on any atom is 0.159 e. The second kappa shape index (κ2) is 5.00. The fourth-order valence-electron chi connectivity index (χ4n) is 1.21. The molecule has 0 aliphatic heterocycles. The van der Waals surface area contributed by atoms with Crippen LogP contribution in [-0.2, 0) is 6.42 Å². The van der Waals surface area contributed by atoms with Gasteiger partial charge in [-0.1, -0.05) is 6.07 Å². The van der Waals surface area contributed by atoms with Crippen LogP contribution < -0.4 is 5.73 Å². The van der Waals surface area contributed by atoms with Crippen molar-refractivity contribution in [1.29, 1.82) is 0 Å². The van der Waals surface area contributed by atoms with Crippen LogP contribution in [0.25, 0.3) is 0 Å². The summed E-state index contributed by atoms with van der Waals surface area (Å²) in [7, 11) is 0. The SMILES string of the molecule is NCCC(F)Cc1ccc(F)c(F)c1. The summed E-state index contributed by atoms with van der Waals surface area (Å²) in [6.07, 6.45) is -0.780. The Morgan fingerprint density at radius 2 is 1.93 bits per heavy atom. The minimum absolute atomic E-state index is 0.0778. The molecule has 0 fully saturated rings. The van der Waals surface area contributed by atoms with Crippen LogP contribution in [0.1, 0.15) is 12.0 Å². The molecule has 4 heteroatoms. The normalized spacial score (nSPS) is 12.9. The Morgan fingerprint density at radius 1 is 1.21 bits per heavy atom. The number of rotatable bonds is 4. The smallest absolute Gasteiger partial charge is 0.159 e. The zero-order valence-corrected chi connectivity index (χ0v) is 7.64. The molecule has 14 heavy (non-hydrogen) atoms. The summed E-state index contributed by atoms with van der Waals surface area (Å²) in [5.74, 6) is -1.86. The Bertz CT molecular complexity index is 301. The van der Waals surface area contributed by atoms with Crippen molar-refractivity contribution in [2.45, 2.75) is 19.0 Å². The summed E-state index contributed by atoms with van der Waals surface area (Å²) < 4.78 is 38.2. The van der Waals surface area contributed by atoms with Crippen LogP contribution in [0, 0.1) is 11.6 Å². The summed E-state index contributed by atoms with van der Waals surface area (Å²) in [5, 5.41) is 0. The van der Waals surface area contributed by atoms with Crippen molar-refractivity contribution in [1.82, 2.24) is 0 Å². The standard InChI is InChI=1S/C10H12F3N/c11-8(3-4-14)5-7-1-2-9(12)10(13)6-7/h1-2,6,8H,3-5,14H2. The first kappa shape index (κ1) is 11.0. The zero-order valence-electron chi connectivity index (χ0n) is 7.64. The first-order valence-corrected chi connectivity index (χ1v) is 4.41. The third kappa shape index (κ3) is 3.03. The molecule has 0 radical (unpaired) electrons. The Balaban J connectivity index is 2.63. The summed E-state index contributed by atoms with van der Waals surface area (Å²) in [5.41, 5.74) is 5.61. The average Bonchev–Trinajstić information content (AvgIpc) is 2.12. The Labute approximate surface area is 80.7 Å². The molecule has 0 heterocycles. The van der Waals surface area contributed by atoms with Gasteiger partial charge in [0.15, 0.2) is 11.6 Å². The van der Waals surface area contributed by atoms with E-state index < -0.39 is 17.8 Å². The first-order valence-electron chi connectivity index (χ1n) is 4.41. The van der Waals surface area contributed by atoms with E-state index in [-0.39, 0.29) is 19.4 Å². The monoisotopic (exact) mass is 203 g/mol. The van der Waals surface area contributed by atoms with Gasteiger partial charge in [0.25, 0.3) is 0 Å². The molecule has 1 nitrogen and oxygen atoms in total.